The fraction of sp³-hybridized carbons (Fsp3) is 0.556. The summed E-state index contributed by atoms with van der Waals surface area (Å²) in [6.07, 6.45) is 10.8. The molecular weight excluding hydrogens is 458 g/mol. The molecule has 2 saturated carbocycles. The molecule has 0 aromatic carbocycles. The Balaban J connectivity index is 1.32. The first kappa shape index (κ1) is 23.2. The highest BCUT2D eigenvalue weighted by Gasteiger charge is 2.64. The molecule has 3 fully saturated rings. The highest BCUT2D eigenvalue weighted by atomic mass is 16.5. The van der Waals surface area contributed by atoms with Crippen LogP contribution in [0.5, 0.6) is 5.88 Å². The van der Waals surface area contributed by atoms with Gasteiger partial charge in [-0.25, -0.2) is 4.98 Å². The number of nitrogens with zero attached hydrogens (tertiary/aromatic N) is 4. The number of rotatable bonds is 6. The summed E-state index contributed by atoms with van der Waals surface area (Å²) in [5, 5.41) is 2.81. The number of pyridine rings is 1. The molecule has 2 aliphatic carbocycles. The zero-order valence-electron chi connectivity index (χ0n) is 21.3. The Hall–Kier alpha value is -3.20. The molecule has 6 rings (SSSR count). The summed E-state index contributed by atoms with van der Waals surface area (Å²) in [5.41, 5.74) is 1.31. The van der Waals surface area contributed by atoms with Crippen molar-refractivity contribution in [2.24, 2.45) is 5.41 Å². The maximum Gasteiger partial charge on any atom is 0.274 e. The number of aromatic nitrogens is 4. The van der Waals surface area contributed by atoms with E-state index in [0.717, 1.165) is 25.0 Å². The van der Waals surface area contributed by atoms with Crippen molar-refractivity contribution >= 4 is 17.4 Å². The van der Waals surface area contributed by atoms with Crippen LogP contribution in [0, 0.1) is 5.41 Å². The van der Waals surface area contributed by atoms with Gasteiger partial charge in [0.1, 0.15) is 11.3 Å². The lowest BCUT2D eigenvalue weighted by molar-refractivity contribution is -0.0162. The van der Waals surface area contributed by atoms with Gasteiger partial charge in [0, 0.05) is 30.0 Å². The summed E-state index contributed by atoms with van der Waals surface area (Å²) < 4.78 is 15.4. The molecule has 9 heteroatoms. The Morgan fingerprint density at radius 3 is 2.72 bits per heavy atom. The van der Waals surface area contributed by atoms with Gasteiger partial charge < -0.3 is 19.4 Å². The summed E-state index contributed by atoms with van der Waals surface area (Å²) in [6, 6.07) is 3.71. The van der Waals surface area contributed by atoms with Gasteiger partial charge in [0.25, 0.3) is 11.5 Å². The number of amides is 1. The number of anilines is 1. The largest absolute Gasteiger partial charge is 0.474 e. The molecule has 3 aromatic rings. The van der Waals surface area contributed by atoms with Crippen molar-refractivity contribution in [3.05, 3.63) is 52.3 Å². The van der Waals surface area contributed by atoms with E-state index in [4.69, 9.17) is 14.5 Å². The Kier molecular flexibility index (Phi) is 5.26. The molecule has 1 N–H and O–H groups in total. The molecule has 3 aromatic heterocycles. The topological polar surface area (TPSA) is 99.8 Å². The molecule has 36 heavy (non-hydrogen) atoms. The quantitative estimate of drug-likeness (QED) is 0.557. The van der Waals surface area contributed by atoms with Crippen LogP contribution in [-0.2, 0) is 10.2 Å². The second kappa shape index (κ2) is 8.16. The minimum Gasteiger partial charge on any atom is -0.474 e. The van der Waals surface area contributed by atoms with E-state index in [2.05, 4.69) is 24.1 Å². The van der Waals surface area contributed by atoms with Gasteiger partial charge in [-0.15, -0.1) is 0 Å². The third-order valence-electron chi connectivity index (χ3n) is 8.01. The smallest absolute Gasteiger partial charge is 0.274 e. The minimum absolute atomic E-state index is 0.177. The molecular formula is C27H33N5O4. The highest BCUT2D eigenvalue weighted by Crippen LogP contribution is 2.72. The van der Waals surface area contributed by atoms with E-state index in [1.807, 2.05) is 32.3 Å². The monoisotopic (exact) mass is 491 g/mol. The Bertz CT molecular complexity index is 1390. The van der Waals surface area contributed by atoms with Crippen LogP contribution in [-0.4, -0.2) is 43.7 Å². The summed E-state index contributed by atoms with van der Waals surface area (Å²) in [5.74, 6) is 0.215. The SMILES string of the molecule is CC(C)Oc1nc2nc([C@@]3(C)CCC(C)OC3)cn2cc1C(=O)Nc1cccn(C2CC23CC3)c1=O. The molecule has 3 aliphatic rings. The second-order valence-corrected chi connectivity index (χ2v) is 11.4. The van der Waals surface area contributed by atoms with Crippen molar-refractivity contribution < 1.29 is 14.3 Å². The predicted octanol–water partition coefficient (Wildman–Crippen LogP) is 4.11. The zero-order valence-corrected chi connectivity index (χ0v) is 21.3. The summed E-state index contributed by atoms with van der Waals surface area (Å²) >= 11 is 0. The second-order valence-electron chi connectivity index (χ2n) is 11.4. The number of carbonyl (C=O) groups is 1. The predicted molar refractivity (Wildman–Crippen MR) is 135 cm³/mol. The van der Waals surface area contributed by atoms with Crippen LogP contribution in [0.15, 0.2) is 35.5 Å². The molecule has 0 radical (unpaired) electrons. The van der Waals surface area contributed by atoms with Crippen LogP contribution >= 0.6 is 0 Å². The lowest BCUT2D eigenvalue weighted by Crippen LogP contribution is -2.36. The van der Waals surface area contributed by atoms with Crippen molar-refractivity contribution in [3.8, 4) is 5.88 Å². The van der Waals surface area contributed by atoms with E-state index in [-0.39, 0.29) is 46.4 Å². The van der Waals surface area contributed by atoms with E-state index in [0.29, 0.717) is 17.8 Å². The number of nitrogens with one attached hydrogen (secondary N) is 1. The maximum absolute atomic E-state index is 13.4. The van der Waals surface area contributed by atoms with E-state index in [1.54, 1.807) is 21.2 Å². The standard InChI is InChI=1S/C27H33N5O4/c1-16(2)36-23-18(13-31-14-20(29-25(31)30-23)26(4)8-7-17(3)35-15-26)22(33)28-19-6-5-11-32(24(19)34)21-12-27(21)9-10-27/h5-6,11,13-14,16-17,21H,7-10,12,15H2,1-4H3,(H,28,33)/t17?,21?,26-/m0/s1. The lowest BCUT2D eigenvalue weighted by atomic mass is 9.81. The Morgan fingerprint density at radius 2 is 2.06 bits per heavy atom. The molecule has 4 heterocycles. The molecule has 0 bridgehead atoms. The molecule has 2 unspecified atom stereocenters. The van der Waals surface area contributed by atoms with Crippen LogP contribution < -0.4 is 15.6 Å². The molecule has 1 saturated heterocycles. The minimum atomic E-state index is -0.442. The first-order chi connectivity index (χ1) is 17.2. The van der Waals surface area contributed by atoms with Crippen LogP contribution in [0.1, 0.15) is 81.9 Å². The number of hydrogen-bond donors (Lipinski definition) is 1. The maximum atomic E-state index is 13.4. The fourth-order valence-electron chi connectivity index (χ4n) is 5.33. The van der Waals surface area contributed by atoms with E-state index in [9.17, 15) is 9.59 Å². The Labute approximate surface area is 209 Å². The van der Waals surface area contributed by atoms with Gasteiger partial charge in [0.05, 0.1) is 24.5 Å². The van der Waals surface area contributed by atoms with Gasteiger partial charge >= 0.3 is 0 Å². The van der Waals surface area contributed by atoms with Gasteiger partial charge in [-0.05, 0) is 70.4 Å². The summed E-state index contributed by atoms with van der Waals surface area (Å²) in [6.45, 7) is 8.58. The van der Waals surface area contributed by atoms with Crippen LogP contribution in [0.2, 0.25) is 0 Å². The first-order valence-corrected chi connectivity index (χ1v) is 12.9. The number of carbonyl (C=O) groups excluding carboxylic acids is 1. The first-order valence-electron chi connectivity index (χ1n) is 12.9. The average molecular weight is 492 g/mol. The van der Waals surface area contributed by atoms with E-state index >= 15 is 0 Å². The molecule has 3 atom stereocenters. The highest BCUT2D eigenvalue weighted by molar-refractivity contribution is 6.05. The van der Waals surface area contributed by atoms with Crippen molar-refractivity contribution in [2.75, 3.05) is 11.9 Å². The lowest BCUT2D eigenvalue weighted by Gasteiger charge is -2.34. The third-order valence-corrected chi connectivity index (χ3v) is 8.01. The van der Waals surface area contributed by atoms with Crippen molar-refractivity contribution in [1.29, 1.82) is 0 Å². The molecule has 1 aliphatic heterocycles. The van der Waals surface area contributed by atoms with E-state index in [1.165, 1.54) is 12.8 Å². The van der Waals surface area contributed by atoms with Gasteiger partial charge in [0.2, 0.25) is 11.7 Å². The van der Waals surface area contributed by atoms with Gasteiger partial charge in [-0.1, -0.05) is 6.92 Å². The van der Waals surface area contributed by atoms with Gasteiger partial charge in [-0.2, -0.15) is 4.98 Å². The van der Waals surface area contributed by atoms with Gasteiger partial charge in [-0.3, -0.25) is 14.0 Å². The molecule has 1 spiro atoms. The molecule has 190 valence electrons. The average Bonchev–Trinajstić information content (AvgIpc) is 3.73. The number of ether oxygens (including phenoxy) is 2. The molecule has 1 amide bonds. The van der Waals surface area contributed by atoms with Gasteiger partial charge in [0.15, 0.2) is 0 Å². The summed E-state index contributed by atoms with van der Waals surface area (Å²) in [4.78, 5) is 35.9. The third kappa shape index (κ3) is 3.99. The van der Waals surface area contributed by atoms with Crippen LogP contribution in [0.25, 0.3) is 5.78 Å². The fourth-order valence-corrected chi connectivity index (χ4v) is 5.33. The molecule has 9 nitrogen and oxygen atoms in total. The van der Waals surface area contributed by atoms with Crippen molar-refractivity contribution in [3.63, 3.8) is 0 Å². The number of imidazole rings is 1. The Morgan fingerprint density at radius 1 is 1.25 bits per heavy atom. The number of hydrogen-bond acceptors (Lipinski definition) is 6. The zero-order chi connectivity index (χ0) is 25.2. The van der Waals surface area contributed by atoms with Crippen molar-refractivity contribution in [1.82, 2.24) is 18.9 Å². The van der Waals surface area contributed by atoms with Crippen molar-refractivity contribution in [2.45, 2.75) is 83.5 Å². The normalized spacial score (nSPS) is 26.4. The van der Waals surface area contributed by atoms with Crippen LogP contribution in [0.3, 0.4) is 0 Å². The summed E-state index contributed by atoms with van der Waals surface area (Å²) in [7, 11) is 0. The number of fused-ring (bicyclic) bond motifs is 1. The van der Waals surface area contributed by atoms with E-state index < -0.39 is 5.91 Å². The van der Waals surface area contributed by atoms with Crippen LogP contribution in [0.4, 0.5) is 5.69 Å².